The fourth-order valence-electron chi connectivity index (χ4n) is 0.351. The van der Waals surface area contributed by atoms with E-state index in [4.69, 9.17) is 0 Å². The van der Waals surface area contributed by atoms with E-state index in [2.05, 4.69) is 0 Å². The van der Waals surface area contributed by atoms with Gasteiger partial charge >= 0.3 is 16.8 Å². The van der Waals surface area contributed by atoms with E-state index in [9.17, 15) is 9.59 Å². The van der Waals surface area contributed by atoms with Gasteiger partial charge in [-0.05, 0) is 13.8 Å². The first-order valence-corrected chi connectivity index (χ1v) is 2.12. The molecule has 0 aromatic heterocycles. The molecule has 63 valence electrons. The van der Waals surface area contributed by atoms with Crippen molar-refractivity contribution in [3.05, 3.63) is 0 Å². The van der Waals surface area contributed by atoms with Crippen LogP contribution >= 0.6 is 0 Å². The Hall–Kier alpha value is -0.234. The van der Waals surface area contributed by atoms with Crippen LogP contribution in [0.5, 0.6) is 0 Å². The van der Waals surface area contributed by atoms with E-state index < -0.39 is 0 Å². The molecule has 1 radical (unpaired) electrons. The maximum atomic E-state index is 10.0. The van der Waals surface area contributed by atoms with Crippen molar-refractivity contribution in [1.29, 1.82) is 0 Å². The van der Waals surface area contributed by atoms with E-state index in [1.807, 2.05) is 0 Å². The van der Waals surface area contributed by atoms with Crippen LogP contribution in [0.2, 0.25) is 0 Å². The van der Waals surface area contributed by atoms with Crippen molar-refractivity contribution in [2.45, 2.75) is 20.3 Å². The van der Waals surface area contributed by atoms with E-state index in [0.717, 1.165) is 0 Å². The van der Waals surface area contributed by atoms with E-state index in [-0.39, 0.29) is 45.7 Å². The van der Waals surface area contributed by atoms with Crippen LogP contribution in [0.3, 0.4) is 0 Å². The molecule has 0 fully saturated rings. The molecule has 0 aliphatic heterocycles. The predicted molar refractivity (Wildman–Crippen MR) is 33.2 cm³/mol. The second-order valence-electron chi connectivity index (χ2n) is 1.58. The summed E-state index contributed by atoms with van der Waals surface area (Å²) in [5, 5.41) is 0. The van der Waals surface area contributed by atoms with Gasteiger partial charge in [-0.1, -0.05) is 0 Å². The van der Waals surface area contributed by atoms with Crippen LogP contribution < -0.4 is 0 Å². The quantitative estimate of drug-likeness (QED) is 0.522. The molecule has 5 heteroatoms. The first kappa shape index (κ1) is 22.6. The largest absolute Gasteiger partial charge is 2.00 e. The van der Waals surface area contributed by atoms with Crippen molar-refractivity contribution in [1.82, 2.24) is 0 Å². The zero-order chi connectivity index (χ0) is 5.86. The smallest absolute Gasteiger partial charge is 0.412 e. The molecule has 0 aliphatic carbocycles. The van der Waals surface area contributed by atoms with Crippen LogP contribution in [-0.4, -0.2) is 22.5 Å². The van der Waals surface area contributed by atoms with Crippen molar-refractivity contribution in [3.63, 3.8) is 0 Å². The van der Waals surface area contributed by atoms with E-state index in [0.29, 0.717) is 0 Å². The van der Waals surface area contributed by atoms with Gasteiger partial charge in [0, 0.05) is 0 Å². The number of rotatable bonds is 2. The van der Waals surface area contributed by atoms with Crippen molar-refractivity contribution in [2.24, 2.45) is 0 Å². The third-order valence-electron chi connectivity index (χ3n) is 0.498. The number of hydrogen-bond donors (Lipinski definition) is 0. The van der Waals surface area contributed by atoms with Gasteiger partial charge < -0.3 is 11.0 Å². The molecule has 0 spiro atoms. The Labute approximate surface area is 69.8 Å². The third kappa shape index (κ3) is 25.1. The van der Waals surface area contributed by atoms with Gasteiger partial charge in [0.2, 0.25) is 0 Å². The maximum Gasteiger partial charge on any atom is 2.00 e. The summed E-state index contributed by atoms with van der Waals surface area (Å²) in [7, 11) is 0. The summed E-state index contributed by atoms with van der Waals surface area (Å²) in [6.45, 7) is 2.81. The monoisotopic (exact) mass is 195 g/mol. The minimum absolute atomic E-state index is 0. The number of carbonyl (C=O) groups excluding carboxylic acids is 2. The Morgan fingerprint density at radius 3 is 1.20 bits per heavy atom. The molecule has 10 heavy (non-hydrogen) atoms. The SMILES string of the molecule is CC(=O)CC(C)=O.O.O.[Co+2]. The fraction of sp³-hybridized carbons (Fsp3) is 0.600. The van der Waals surface area contributed by atoms with E-state index in [1.54, 1.807) is 0 Å². The molecule has 0 bridgehead atoms. The van der Waals surface area contributed by atoms with Crippen LogP contribution in [0.15, 0.2) is 0 Å². The van der Waals surface area contributed by atoms with E-state index >= 15 is 0 Å². The molecule has 0 heterocycles. The Morgan fingerprint density at radius 1 is 1.00 bits per heavy atom. The van der Waals surface area contributed by atoms with Gasteiger partial charge in [0.1, 0.15) is 11.6 Å². The first-order valence-electron chi connectivity index (χ1n) is 2.12. The average molecular weight is 195 g/mol. The number of ketones is 2. The Morgan fingerprint density at radius 2 is 1.20 bits per heavy atom. The topological polar surface area (TPSA) is 97.1 Å². The molecule has 0 aliphatic rings. The third-order valence-corrected chi connectivity index (χ3v) is 0.498. The number of hydrogen-bond acceptors (Lipinski definition) is 2. The van der Waals surface area contributed by atoms with Gasteiger partial charge in [-0.25, -0.2) is 0 Å². The zero-order valence-electron chi connectivity index (χ0n) is 5.86. The van der Waals surface area contributed by atoms with Gasteiger partial charge in [0.05, 0.1) is 6.42 Å². The van der Waals surface area contributed by atoms with Crippen LogP contribution in [0, 0.1) is 0 Å². The molecular formula is C5H12CoO4+2. The standard InChI is InChI=1S/C5H8O2.Co.2H2O/c1-4(6)3-5(2)7;;;/h3H2,1-2H3;;2*1H2/q;+2;;. The summed E-state index contributed by atoms with van der Waals surface area (Å²) < 4.78 is 0. The Kier molecular flexibility index (Phi) is 26.1. The maximum absolute atomic E-state index is 10.0. The summed E-state index contributed by atoms with van der Waals surface area (Å²) >= 11 is 0. The minimum Gasteiger partial charge on any atom is -0.412 e. The molecule has 0 aromatic carbocycles. The molecule has 0 atom stereocenters. The summed E-state index contributed by atoms with van der Waals surface area (Å²) in [4.78, 5) is 20.1. The molecule has 0 saturated heterocycles. The minimum atomic E-state index is -0.0625. The molecule has 4 nitrogen and oxygen atoms in total. The normalized spacial score (nSPS) is 5.80. The van der Waals surface area contributed by atoms with Crippen molar-refractivity contribution < 1.29 is 37.3 Å². The number of Topliss-reactive ketones (excluding diaryl/α,β-unsaturated/α-hetero) is 2. The Balaban J connectivity index is -0.0000000600. The van der Waals surface area contributed by atoms with Crippen molar-refractivity contribution >= 4 is 11.6 Å². The number of carbonyl (C=O) groups is 2. The van der Waals surface area contributed by atoms with Crippen LogP contribution in [-0.2, 0) is 26.4 Å². The second kappa shape index (κ2) is 11.5. The van der Waals surface area contributed by atoms with Crippen molar-refractivity contribution in [3.8, 4) is 0 Å². The van der Waals surface area contributed by atoms with Crippen LogP contribution in [0.4, 0.5) is 0 Å². The van der Waals surface area contributed by atoms with Gasteiger partial charge in [0.25, 0.3) is 0 Å². The molecule has 4 N–H and O–H groups in total. The average Bonchev–Trinajstić information content (AvgIpc) is 1.27. The second-order valence-corrected chi connectivity index (χ2v) is 1.58. The summed E-state index contributed by atoms with van der Waals surface area (Å²) in [6, 6.07) is 0. The van der Waals surface area contributed by atoms with Gasteiger partial charge in [-0.2, -0.15) is 0 Å². The van der Waals surface area contributed by atoms with Crippen molar-refractivity contribution in [2.75, 3.05) is 0 Å². The summed E-state index contributed by atoms with van der Waals surface area (Å²) in [5.41, 5.74) is 0. The zero-order valence-corrected chi connectivity index (χ0v) is 6.90. The first-order chi connectivity index (χ1) is 3.13. The van der Waals surface area contributed by atoms with Gasteiger partial charge in [-0.3, -0.25) is 9.59 Å². The molecule has 0 saturated carbocycles. The summed E-state index contributed by atoms with van der Waals surface area (Å²) in [5.74, 6) is -0.125. The molecular weight excluding hydrogens is 183 g/mol. The predicted octanol–water partition coefficient (Wildman–Crippen LogP) is -1.10. The fourth-order valence-corrected chi connectivity index (χ4v) is 0.351. The van der Waals surface area contributed by atoms with E-state index in [1.165, 1.54) is 13.8 Å². The molecule has 0 aromatic rings. The van der Waals surface area contributed by atoms with Crippen LogP contribution in [0.1, 0.15) is 20.3 Å². The summed E-state index contributed by atoms with van der Waals surface area (Å²) in [6.07, 6.45) is 0.0833. The Bertz CT molecular complexity index is 89.8. The molecule has 0 rings (SSSR count). The molecule has 0 unspecified atom stereocenters. The van der Waals surface area contributed by atoms with Crippen LogP contribution in [0.25, 0.3) is 0 Å². The molecule has 0 amide bonds. The van der Waals surface area contributed by atoms with Gasteiger partial charge in [0.15, 0.2) is 0 Å². The van der Waals surface area contributed by atoms with Gasteiger partial charge in [-0.15, -0.1) is 0 Å².